The van der Waals surface area contributed by atoms with Crippen molar-refractivity contribution in [2.45, 2.75) is 38.8 Å². The zero-order valence-electron chi connectivity index (χ0n) is 17.2. The van der Waals surface area contributed by atoms with Crippen LogP contribution in [0.5, 0.6) is 0 Å². The lowest BCUT2D eigenvalue weighted by molar-refractivity contribution is -0.141. The van der Waals surface area contributed by atoms with E-state index < -0.39 is 30.1 Å². The summed E-state index contributed by atoms with van der Waals surface area (Å²) in [5.74, 6) is -2.03. The van der Waals surface area contributed by atoms with Crippen molar-refractivity contribution in [2.75, 3.05) is 6.61 Å². The minimum absolute atomic E-state index is 0.0819. The molecule has 0 aliphatic heterocycles. The molecule has 1 unspecified atom stereocenters. The fourth-order valence-electron chi connectivity index (χ4n) is 3.67. The highest BCUT2D eigenvalue weighted by molar-refractivity contribution is 5.89. The summed E-state index contributed by atoms with van der Waals surface area (Å²) in [6, 6.07) is 14.1. The molecular weight excluding hydrogens is 384 g/mol. The summed E-state index contributed by atoms with van der Waals surface area (Å²) in [6.07, 6.45) is -0.714. The second-order valence-corrected chi connectivity index (χ2v) is 7.76. The molecule has 3 N–H and O–H groups in total. The lowest BCUT2D eigenvalue weighted by atomic mass is 9.98. The zero-order chi connectivity index (χ0) is 21.8. The molecule has 0 bridgehead atoms. The van der Waals surface area contributed by atoms with Gasteiger partial charge in [0, 0.05) is 5.92 Å². The molecule has 7 nitrogen and oxygen atoms in total. The SMILES string of the molecule is CC(C)C(NC(=O)OCC1c2ccccc2-c2ccccc21)C(=O)N[C@@H](C)C(=O)O. The maximum atomic E-state index is 12.4. The molecule has 158 valence electrons. The predicted molar refractivity (Wildman–Crippen MR) is 112 cm³/mol. The highest BCUT2D eigenvalue weighted by Crippen LogP contribution is 2.44. The monoisotopic (exact) mass is 410 g/mol. The van der Waals surface area contributed by atoms with Crippen LogP contribution in [0.3, 0.4) is 0 Å². The fraction of sp³-hybridized carbons (Fsp3) is 0.348. The van der Waals surface area contributed by atoms with Crippen molar-refractivity contribution < 1.29 is 24.2 Å². The number of carboxylic acid groups (broad SMARTS) is 1. The first-order valence-electron chi connectivity index (χ1n) is 9.94. The topological polar surface area (TPSA) is 105 Å². The highest BCUT2D eigenvalue weighted by Gasteiger charge is 2.31. The number of alkyl carbamates (subject to hydrolysis) is 1. The largest absolute Gasteiger partial charge is 0.480 e. The molecule has 2 amide bonds. The Morgan fingerprint density at radius 3 is 1.97 bits per heavy atom. The second-order valence-electron chi connectivity index (χ2n) is 7.76. The van der Waals surface area contributed by atoms with E-state index in [0.29, 0.717) is 0 Å². The van der Waals surface area contributed by atoms with Gasteiger partial charge in [-0.15, -0.1) is 0 Å². The van der Waals surface area contributed by atoms with Crippen molar-refractivity contribution in [2.24, 2.45) is 5.92 Å². The Morgan fingerprint density at radius 2 is 1.47 bits per heavy atom. The van der Waals surface area contributed by atoms with Gasteiger partial charge in [0.05, 0.1) is 0 Å². The van der Waals surface area contributed by atoms with E-state index in [2.05, 4.69) is 22.8 Å². The lowest BCUT2D eigenvalue weighted by Crippen LogP contribution is -2.53. The van der Waals surface area contributed by atoms with Gasteiger partial charge >= 0.3 is 12.1 Å². The summed E-state index contributed by atoms with van der Waals surface area (Å²) in [7, 11) is 0. The molecule has 1 aliphatic rings. The van der Waals surface area contributed by atoms with Gasteiger partial charge < -0.3 is 20.5 Å². The van der Waals surface area contributed by atoms with E-state index in [4.69, 9.17) is 9.84 Å². The quantitative estimate of drug-likeness (QED) is 0.650. The number of fused-ring (bicyclic) bond motifs is 3. The molecule has 30 heavy (non-hydrogen) atoms. The number of aliphatic carboxylic acids is 1. The molecule has 0 heterocycles. The van der Waals surface area contributed by atoms with Gasteiger partial charge in [-0.25, -0.2) is 4.79 Å². The number of ether oxygens (including phenoxy) is 1. The molecule has 7 heteroatoms. The second kappa shape index (κ2) is 8.98. The van der Waals surface area contributed by atoms with Crippen LogP contribution in [0.25, 0.3) is 11.1 Å². The number of carbonyl (C=O) groups is 3. The van der Waals surface area contributed by atoms with Crippen LogP contribution in [0.2, 0.25) is 0 Å². The Hall–Kier alpha value is -3.35. The van der Waals surface area contributed by atoms with Gasteiger partial charge in [-0.3, -0.25) is 9.59 Å². The van der Waals surface area contributed by atoms with Crippen LogP contribution in [-0.4, -0.2) is 41.8 Å². The molecular formula is C23H26N2O5. The maximum absolute atomic E-state index is 12.4. The van der Waals surface area contributed by atoms with Crippen molar-refractivity contribution in [3.63, 3.8) is 0 Å². The molecule has 0 saturated heterocycles. The van der Waals surface area contributed by atoms with Gasteiger partial charge in [-0.2, -0.15) is 0 Å². The molecule has 1 aliphatic carbocycles. The van der Waals surface area contributed by atoms with Crippen LogP contribution >= 0.6 is 0 Å². The van der Waals surface area contributed by atoms with E-state index in [9.17, 15) is 14.4 Å². The predicted octanol–water partition coefficient (Wildman–Crippen LogP) is 3.14. The van der Waals surface area contributed by atoms with E-state index in [1.165, 1.54) is 6.92 Å². The van der Waals surface area contributed by atoms with Crippen LogP contribution in [-0.2, 0) is 14.3 Å². The molecule has 0 radical (unpaired) electrons. The fourth-order valence-corrected chi connectivity index (χ4v) is 3.67. The van der Waals surface area contributed by atoms with Crippen molar-refractivity contribution >= 4 is 18.0 Å². The van der Waals surface area contributed by atoms with Gasteiger partial charge in [0.1, 0.15) is 18.7 Å². The standard InChI is InChI=1S/C23H26N2O5/c1-13(2)20(21(26)24-14(3)22(27)28)25-23(29)30-12-19-17-10-6-4-8-15(17)16-9-5-7-11-18(16)19/h4-11,13-14,19-20H,12H2,1-3H3,(H,24,26)(H,25,29)(H,27,28)/t14-,20?/m0/s1. The first-order valence-corrected chi connectivity index (χ1v) is 9.94. The number of rotatable bonds is 7. The number of carboxylic acids is 1. The van der Waals surface area contributed by atoms with Gasteiger partial charge in [-0.1, -0.05) is 62.4 Å². The number of hydrogen-bond donors (Lipinski definition) is 3. The Labute approximate surface area is 175 Å². The molecule has 2 aromatic carbocycles. The Kier molecular flexibility index (Phi) is 6.40. The highest BCUT2D eigenvalue weighted by atomic mass is 16.5. The first-order chi connectivity index (χ1) is 14.3. The molecule has 0 spiro atoms. The van der Waals surface area contributed by atoms with Gasteiger partial charge in [0.15, 0.2) is 0 Å². The number of nitrogens with one attached hydrogen (secondary N) is 2. The first kappa shape index (κ1) is 21.4. The van der Waals surface area contributed by atoms with E-state index in [1.807, 2.05) is 36.4 Å². The van der Waals surface area contributed by atoms with E-state index in [0.717, 1.165) is 22.3 Å². The maximum Gasteiger partial charge on any atom is 0.407 e. The summed E-state index contributed by atoms with van der Waals surface area (Å²) in [4.78, 5) is 35.8. The third-order valence-corrected chi connectivity index (χ3v) is 5.30. The molecule has 3 rings (SSSR count). The van der Waals surface area contributed by atoms with Gasteiger partial charge in [0.25, 0.3) is 0 Å². The molecule has 0 fully saturated rings. The molecule has 2 atom stereocenters. The summed E-state index contributed by atoms with van der Waals surface area (Å²) in [5, 5.41) is 13.9. The summed E-state index contributed by atoms with van der Waals surface area (Å²) < 4.78 is 5.48. The van der Waals surface area contributed by atoms with E-state index in [1.54, 1.807) is 13.8 Å². The third-order valence-electron chi connectivity index (χ3n) is 5.30. The van der Waals surface area contributed by atoms with Crippen LogP contribution in [0.1, 0.15) is 37.8 Å². The Bertz CT molecular complexity index is 911. The van der Waals surface area contributed by atoms with Crippen molar-refractivity contribution in [3.05, 3.63) is 59.7 Å². The normalized spacial score (nSPS) is 14.4. The minimum Gasteiger partial charge on any atom is -0.480 e. The zero-order valence-corrected chi connectivity index (χ0v) is 17.2. The van der Waals surface area contributed by atoms with Crippen LogP contribution < -0.4 is 10.6 Å². The number of amides is 2. The summed E-state index contributed by atoms with van der Waals surface area (Å²) in [5.41, 5.74) is 4.45. The molecule has 2 aromatic rings. The smallest absolute Gasteiger partial charge is 0.407 e. The number of hydrogen-bond acceptors (Lipinski definition) is 4. The molecule has 0 saturated carbocycles. The van der Waals surface area contributed by atoms with Crippen LogP contribution in [0.4, 0.5) is 4.79 Å². The van der Waals surface area contributed by atoms with Crippen LogP contribution in [0, 0.1) is 5.92 Å². The van der Waals surface area contributed by atoms with E-state index >= 15 is 0 Å². The number of carbonyl (C=O) groups excluding carboxylic acids is 2. The summed E-state index contributed by atoms with van der Waals surface area (Å²) >= 11 is 0. The van der Waals surface area contributed by atoms with Crippen LogP contribution in [0.15, 0.2) is 48.5 Å². The molecule has 0 aromatic heterocycles. The third kappa shape index (κ3) is 4.45. The van der Waals surface area contributed by atoms with Crippen molar-refractivity contribution in [1.82, 2.24) is 10.6 Å². The van der Waals surface area contributed by atoms with Crippen molar-refractivity contribution in [1.29, 1.82) is 0 Å². The van der Waals surface area contributed by atoms with Gasteiger partial charge in [0.2, 0.25) is 5.91 Å². The Morgan fingerprint density at radius 1 is 0.933 bits per heavy atom. The van der Waals surface area contributed by atoms with Gasteiger partial charge in [-0.05, 0) is 35.1 Å². The van der Waals surface area contributed by atoms with E-state index in [-0.39, 0.29) is 18.4 Å². The van der Waals surface area contributed by atoms with Crippen molar-refractivity contribution in [3.8, 4) is 11.1 Å². The average Bonchev–Trinajstić information content (AvgIpc) is 3.04. The summed E-state index contributed by atoms with van der Waals surface area (Å²) in [6.45, 7) is 5.03. The lowest BCUT2D eigenvalue weighted by Gasteiger charge is -2.23. The number of benzene rings is 2. The minimum atomic E-state index is -1.15. The Balaban J connectivity index is 1.66. The average molecular weight is 410 g/mol.